The number of hydrogen-bond donors (Lipinski definition) is 1. The van der Waals surface area contributed by atoms with Gasteiger partial charge in [0.05, 0.1) is 6.61 Å². The summed E-state index contributed by atoms with van der Waals surface area (Å²) in [5.74, 6) is -0.559. The van der Waals surface area contributed by atoms with Crippen molar-refractivity contribution in [1.82, 2.24) is 5.32 Å². The smallest absolute Gasteiger partial charge is 0.325 e. The quantitative estimate of drug-likeness (QED) is 0.763. The van der Waals surface area contributed by atoms with Gasteiger partial charge in [-0.15, -0.1) is 0 Å². The Hall–Kier alpha value is -1.43. The molecule has 21 heavy (non-hydrogen) atoms. The van der Waals surface area contributed by atoms with Gasteiger partial charge in [0.1, 0.15) is 12.4 Å². The van der Waals surface area contributed by atoms with Crippen molar-refractivity contribution in [2.45, 2.75) is 25.7 Å². The number of ether oxygens (including phenoxy) is 1. The molecule has 0 saturated heterocycles. The van der Waals surface area contributed by atoms with Crippen LogP contribution in [0, 0.1) is 11.7 Å². The Morgan fingerprint density at radius 3 is 2.81 bits per heavy atom. The highest BCUT2D eigenvalue weighted by Gasteiger charge is 2.23. The van der Waals surface area contributed by atoms with Gasteiger partial charge in [0.2, 0.25) is 5.91 Å². The first kappa shape index (κ1) is 15.9. The second kappa shape index (κ2) is 7.54. The molecule has 0 aromatic heterocycles. The third-order valence-electron chi connectivity index (χ3n) is 3.24. The third kappa shape index (κ3) is 5.83. The topological polar surface area (TPSA) is 55.4 Å². The van der Waals surface area contributed by atoms with Gasteiger partial charge in [0, 0.05) is 10.9 Å². The zero-order valence-corrected chi connectivity index (χ0v) is 13.1. The van der Waals surface area contributed by atoms with E-state index >= 15 is 0 Å². The average molecular weight is 358 g/mol. The highest BCUT2D eigenvalue weighted by molar-refractivity contribution is 9.10. The number of rotatable bonds is 7. The van der Waals surface area contributed by atoms with Crippen molar-refractivity contribution in [2.75, 3.05) is 13.2 Å². The van der Waals surface area contributed by atoms with Crippen LogP contribution >= 0.6 is 15.9 Å². The Labute approximate surface area is 131 Å². The lowest BCUT2D eigenvalue weighted by Gasteiger charge is -2.06. The summed E-state index contributed by atoms with van der Waals surface area (Å²) in [6.45, 7) is 0.313. The summed E-state index contributed by atoms with van der Waals surface area (Å²) in [5.41, 5.74) is 0.477. The molecule has 1 aliphatic carbocycles. The molecule has 4 nitrogen and oxygen atoms in total. The van der Waals surface area contributed by atoms with E-state index in [0.717, 1.165) is 12.8 Å². The number of nitrogens with one attached hydrogen (secondary N) is 1. The summed E-state index contributed by atoms with van der Waals surface area (Å²) in [6.07, 6.45) is 2.65. The molecule has 6 heteroatoms. The van der Waals surface area contributed by atoms with Crippen molar-refractivity contribution in [1.29, 1.82) is 0 Å². The molecule has 0 bridgehead atoms. The number of amides is 1. The number of benzene rings is 1. The average Bonchev–Trinajstić information content (AvgIpc) is 3.26. The fourth-order valence-electron chi connectivity index (χ4n) is 1.78. The lowest BCUT2D eigenvalue weighted by molar-refractivity contribution is -0.144. The Bertz CT molecular complexity index is 532. The molecule has 1 aromatic rings. The van der Waals surface area contributed by atoms with E-state index in [4.69, 9.17) is 4.74 Å². The number of carbonyl (C=O) groups is 2. The van der Waals surface area contributed by atoms with Crippen LogP contribution in [-0.4, -0.2) is 25.0 Å². The predicted molar refractivity (Wildman–Crippen MR) is 79.1 cm³/mol. The largest absolute Gasteiger partial charge is 0.464 e. The minimum Gasteiger partial charge on any atom is -0.464 e. The van der Waals surface area contributed by atoms with Crippen LogP contribution in [0.1, 0.15) is 24.8 Å². The van der Waals surface area contributed by atoms with Gasteiger partial charge >= 0.3 is 5.97 Å². The molecule has 1 aliphatic rings. The summed E-state index contributed by atoms with van der Waals surface area (Å²) in [5, 5.41) is 2.48. The molecule has 0 radical (unpaired) electrons. The van der Waals surface area contributed by atoms with Crippen LogP contribution < -0.4 is 5.32 Å². The lowest BCUT2D eigenvalue weighted by atomic mass is 10.1. The second-order valence-electron chi connectivity index (χ2n) is 5.14. The maximum atomic E-state index is 13.6. The molecule has 0 aliphatic heterocycles. The molecule has 0 unspecified atom stereocenters. The summed E-state index contributed by atoms with van der Waals surface area (Å²) >= 11 is 3.18. The number of halogens is 2. The highest BCUT2D eigenvalue weighted by atomic mass is 79.9. The van der Waals surface area contributed by atoms with Crippen LogP contribution in [0.2, 0.25) is 0 Å². The summed E-state index contributed by atoms with van der Waals surface area (Å²) < 4.78 is 19.2. The van der Waals surface area contributed by atoms with Crippen molar-refractivity contribution in [3.63, 3.8) is 0 Å². The van der Waals surface area contributed by atoms with E-state index in [1.165, 1.54) is 6.07 Å². The fraction of sp³-hybridized carbons (Fsp3) is 0.467. The van der Waals surface area contributed by atoms with Crippen molar-refractivity contribution in [3.05, 3.63) is 34.1 Å². The number of aryl methyl sites for hydroxylation is 1. The minimum atomic E-state index is -0.426. The van der Waals surface area contributed by atoms with Crippen LogP contribution in [0.4, 0.5) is 4.39 Å². The molecular formula is C15H17BrFNO3. The van der Waals surface area contributed by atoms with E-state index in [0.29, 0.717) is 29.0 Å². The Morgan fingerprint density at radius 2 is 2.14 bits per heavy atom. The van der Waals surface area contributed by atoms with Gasteiger partial charge < -0.3 is 10.1 Å². The first-order valence-corrected chi connectivity index (χ1v) is 7.70. The van der Waals surface area contributed by atoms with Crippen LogP contribution in [0.3, 0.4) is 0 Å². The molecule has 114 valence electrons. The van der Waals surface area contributed by atoms with Crippen LogP contribution in [-0.2, 0) is 20.7 Å². The molecule has 0 atom stereocenters. The Morgan fingerprint density at radius 1 is 1.38 bits per heavy atom. The molecule has 0 heterocycles. The van der Waals surface area contributed by atoms with Crippen molar-refractivity contribution in [3.8, 4) is 0 Å². The fourth-order valence-corrected chi connectivity index (χ4v) is 2.11. The summed E-state index contributed by atoms with van der Waals surface area (Å²) in [4.78, 5) is 22.9. The molecular weight excluding hydrogens is 341 g/mol. The monoisotopic (exact) mass is 357 g/mol. The maximum Gasteiger partial charge on any atom is 0.325 e. The van der Waals surface area contributed by atoms with Gasteiger partial charge in [0.25, 0.3) is 0 Å². The molecule has 1 fully saturated rings. The standard InChI is InChI=1S/C15H17BrFNO3/c16-12-5-3-11(13(17)7-12)4-6-14(19)18-8-15(20)21-9-10-1-2-10/h3,5,7,10H,1-2,4,6,8-9H2,(H,18,19). The van der Waals surface area contributed by atoms with E-state index in [1.54, 1.807) is 12.1 Å². The Kier molecular flexibility index (Phi) is 5.73. The van der Waals surface area contributed by atoms with Crippen molar-refractivity contribution >= 4 is 27.8 Å². The maximum absolute atomic E-state index is 13.6. The zero-order chi connectivity index (χ0) is 15.2. The third-order valence-corrected chi connectivity index (χ3v) is 3.74. The van der Waals surface area contributed by atoms with Crippen molar-refractivity contribution < 1.29 is 18.7 Å². The molecule has 1 saturated carbocycles. The molecule has 1 aromatic carbocycles. The second-order valence-corrected chi connectivity index (χ2v) is 6.05. The van der Waals surface area contributed by atoms with Gasteiger partial charge in [-0.2, -0.15) is 0 Å². The lowest BCUT2D eigenvalue weighted by Crippen LogP contribution is -2.31. The van der Waals surface area contributed by atoms with Gasteiger partial charge in [-0.25, -0.2) is 4.39 Å². The Balaban J connectivity index is 1.65. The number of carbonyl (C=O) groups excluding carboxylic acids is 2. The van der Waals surface area contributed by atoms with E-state index in [2.05, 4.69) is 21.2 Å². The van der Waals surface area contributed by atoms with Crippen LogP contribution in [0.25, 0.3) is 0 Å². The van der Waals surface area contributed by atoms with E-state index in [1.807, 2.05) is 0 Å². The summed E-state index contributed by atoms with van der Waals surface area (Å²) in [6, 6.07) is 4.73. The predicted octanol–water partition coefficient (Wildman–Crippen LogP) is 2.59. The van der Waals surface area contributed by atoms with Gasteiger partial charge in [-0.1, -0.05) is 22.0 Å². The minimum absolute atomic E-state index is 0.131. The van der Waals surface area contributed by atoms with E-state index in [-0.39, 0.29) is 24.7 Å². The first-order valence-electron chi connectivity index (χ1n) is 6.91. The normalized spacial score (nSPS) is 13.8. The van der Waals surface area contributed by atoms with E-state index in [9.17, 15) is 14.0 Å². The van der Waals surface area contributed by atoms with Crippen LogP contribution in [0.5, 0.6) is 0 Å². The van der Waals surface area contributed by atoms with E-state index < -0.39 is 5.97 Å². The summed E-state index contributed by atoms with van der Waals surface area (Å²) in [7, 11) is 0. The van der Waals surface area contributed by atoms with Gasteiger partial charge in [-0.3, -0.25) is 9.59 Å². The molecule has 1 amide bonds. The molecule has 1 N–H and O–H groups in total. The highest BCUT2D eigenvalue weighted by Crippen LogP contribution is 2.28. The number of hydrogen-bond acceptors (Lipinski definition) is 3. The first-order chi connectivity index (χ1) is 10.0. The molecule has 0 spiro atoms. The van der Waals surface area contributed by atoms with Gasteiger partial charge in [-0.05, 0) is 42.9 Å². The number of esters is 1. The van der Waals surface area contributed by atoms with Crippen molar-refractivity contribution in [2.24, 2.45) is 5.92 Å². The zero-order valence-electron chi connectivity index (χ0n) is 11.5. The van der Waals surface area contributed by atoms with Crippen LogP contribution in [0.15, 0.2) is 22.7 Å². The SMILES string of the molecule is O=C(CCc1ccc(Br)cc1F)NCC(=O)OCC1CC1. The van der Waals surface area contributed by atoms with Gasteiger partial charge in [0.15, 0.2) is 0 Å². The molecule has 2 rings (SSSR count).